The van der Waals surface area contributed by atoms with E-state index in [0.29, 0.717) is 16.3 Å². The minimum atomic E-state index is -0.167. The summed E-state index contributed by atoms with van der Waals surface area (Å²) in [5.41, 5.74) is 3.59. The lowest BCUT2D eigenvalue weighted by atomic mass is 10.1. The summed E-state index contributed by atoms with van der Waals surface area (Å²) in [6, 6.07) is 17.2. The first-order valence-electron chi connectivity index (χ1n) is 8.38. The first kappa shape index (κ1) is 17.0. The third-order valence-electron chi connectivity index (χ3n) is 4.29. The molecule has 0 aliphatic carbocycles. The van der Waals surface area contributed by atoms with Gasteiger partial charge in [-0.25, -0.2) is 4.68 Å². The smallest absolute Gasteiger partial charge is 0.105 e. The van der Waals surface area contributed by atoms with Crippen LogP contribution in [-0.2, 0) is 0 Å². The molecule has 0 spiro atoms. The third kappa shape index (κ3) is 3.33. The highest BCUT2D eigenvalue weighted by Gasteiger charge is 2.16. The van der Waals surface area contributed by atoms with Crippen molar-refractivity contribution in [1.82, 2.24) is 20.0 Å². The van der Waals surface area contributed by atoms with Crippen LogP contribution in [0.2, 0.25) is 5.02 Å². The van der Waals surface area contributed by atoms with Crippen LogP contribution in [0.25, 0.3) is 16.6 Å². The van der Waals surface area contributed by atoms with Gasteiger partial charge in [0, 0.05) is 16.6 Å². The fourth-order valence-electron chi connectivity index (χ4n) is 2.88. The summed E-state index contributed by atoms with van der Waals surface area (Å²) in [7, 11) is 0. The van der Waals surface area contributed by atoms with Gasteiger partial charge in [0.2, 0.25) is 0 Å². The molecule has 0 saturated carbocycles. The fraction of sp³-hybridized carbons (Fsp3) is 0.100. The monoisotopic (exact) mass is 374 g/mol. The molecule has 1 atom stereocenters. The molecular weight excluding hydrogens is 360 g/mol. The quantitative estimate of drug-likeness (QED) is 0.568. The van der Waals surface area contributed by atoms with Crippen molar-refractivity contribution in [2.24, 2.45) is 0 Å². The van der Waals surface area contributed by atoms with Crippen molar-refractivity contribution in [3.05, 3.63) is 77.2 Å². The number of fused-ring (bicyclic) bond motifs is 1. The van der Waals surface area contributed by atoms with Crippen LogP contribution in [0.15, 0.2) is 60.9 Å². The maximum absolute atomic E-state index is 9.49. The third-order valence-corrected chi connectivity index (χ3v) is 4.52. The molecule has 1 unspecified atom stereocenters. The molecule has 0 bridgehead atoms. The summed E-state index contributed by atoms with van der Waals surface area (Å²) in [5.74, 6) is 0. The summed E-state index contributed by atoms with van der Waals surface area (Å²) < 4.78 is 1.72. The van der Waals surface area contributed by atoms with E-state index in [0.717, 1.165) is 22.3 Å². The van der Waals surface area contributed by atoms with Crippen LogP contribution in [0.4, 0.5) is 5.69 Å². The lowest BCUT2D eigenvalue weighted by Crippen LogP contribution is -2.09. The second-order valence-corrected chi connectivity index (χ2v) is 6.55. The number of hydrogen-bond donors (Lipinski definition) is 1. The van der Waals surface area contributed by atoms with E-state index < -0.39 is 0 Å². The molecule has 7 heteroatoms. The van der Waals surface area contributed by atoms with Crippen molar-refractivity contribution in [1.29, 1.82) is 5.26 Å². The highest BCUT2D eigenvalue weighted by atomic mass is 35.5. The molecule has 27 heavy (non-hydrogen) atoms. The molecule has 0 aliphatic rings. The second kappa shape index (κ2) is 7.06. The van der Waals surface area contributed by atoms with Crippen molar-refractivity contribution in [2.75, 3.05) is 5.32 Å². The zero-order valence-corrected chi connectivity index (χ0v) is 15.2. The van der Waals surface area contributed by atoms with Crippen LogP contribution in [0.1, 0.15) is 24.2 Å². The van der Waals surface area contributed by atoms with E-state index in [4.69, 9.17) is 11.6 Å². The number of para-hydroxylation sites is 1. The van der Waals surface area contributed by atoms with Gasteiger partial charge in [-0.3, -0.25) is 4.98 Å². The van der Waals surface area contributed by atoms with Crippen molar-refractivity contribution in [2.45, 2.75) is 13.0 Å². The van der Waals surface area contributed by atoms with Gasteiger partial charge in [-0.15, -0.1) is 5.10 Å². The number of aromatic nitrogens is 4. The lowest BCUT2D eigenvalue weighted by molar-refractivity contribution is 0.781. The molecular formula is C20H15ClN6. The van der Waals surface area contributed by atoms with Crippen molar-refractivity contribution < 1.29 is 0 Å². The van der Waals surface area contributed by atoms with Gasteiger partial charge in [0.15, 0.2) is 0 Å². The van der Waals surface area contributed by atoms with Crippen LogP contribution in [0.3, 0.4) is 0 Å². The Kier molecular flexibility index (Phi) is 4.45. The summed E-state index contributed by atoms with van der Waals surface area (Å²) in [5, 5.41) is 22.7. The van der Waals surface area contributed by atoms with Crippen molar-refractivity contribution in [3.8, 4) is 11.8 Å². The fourth-order valence-corrected chi connectivity index (χ4v) is 3.05. The summed E-state index contributed by atoms with van der Waals surface area (Å²) >= 11 is 6.15. The molecule has 2 heterocycles. The Balaban J connectivity index is 1.69. The van der Waals surface area contributed by atoms with E-state index >= 15 is 0 Å². The van der Waals surface area contributed by atoms with E-state index in [1.807, 2.05) is 49.5 Å². The Morgan fingerprint density at radius 2 is 2.00 bits per heavy atom. The van der Waals surface area contributed by atoms with E-state index in [1.54, 1.807) is 23.0 Å². The number of nitrogens with one attached hydrogen (secondary N) is 1. The summed E-state index contributed by atoms with van der Waals surface area (Å²) in [6.07, 6.45) is 3.43. The molecule has 0 amide bonds. The average molecular weight is 375 g/mol. The second-order valence-electron chi connectivity index (χ2n) is 6.11. The van der Waals surface area contributed by atoms with E-state index in [1.165, 1.54) is 0 Å². The predicted molar refractivity (Wildman–Crippen MR) is 105 cm³/mol. The van der Waals surface area contributed by atoms with Crippen LogP contribution in [0.5, 0.6) is 0 Å². The van der Waals surface area contributed by atoms with Gasteiger partial charge >= 0.3 is 0 Å². The Morgan fingerprint density at radius 1 is 1.19 bits per heavy atom. The zero-order chi connectivity index (χ0) is 18.8. The van der Waals surface area contributed by atoms with Gasteiger partial charge in [0.25, 0.3) is 0 Å². The number of hydrogen-bond acceptors (Lipinski definition) is 5. The maximum atomic E-state index is 9.49. The largest absolute Gasteiger partial charge is 0.375 e. The van der Waals surface area contributed by atoms with Gasteiger partial charge < -0.3 is 5.32 Å². The van der Waals surface area contributed by atoms with Crippen LogP contribution in [0, 0.1) is 11.3 Å². The Labute approximate surface area is 161 Å². The Morgan fingerprint density at radius 3 is 2.78 bits per heavy atom. The molecule has 2 aromatic heterocycles. The van der Waals surface area contributed by atoms with Gasteiger partial charge in [-0.05, 0) is 37.3 Å². The van der Waals surface area contributed by atoms with Gasteiger partial charge in [0.1, 0.15) is 11.8 Å². The summed E-state index contributed by atoms with van der Waals surface area (Å²) in [4.78, 5) is 4.32. The molecule has 0 saturated heterocycles. The molecule has 4 aromatic rings. The molecule has 2 aromatic carbocycles. The van der Waals surface area contributed by atoms with Gasteiger partial charge in [-0.1, -0.05) is 35.0 Å². The topological polar surface area (TPSA) is 79.4 Å². The number of halogens is 1. The molecule has 1 N–H and O–H groups in total. The molecule has 0 fully saturated rings. The standard InChI is InChI=1S/C20H15ClN6/c1-13(19-12-27(26-25-19)16-5-3-2-4-6-16)24-20-14(10-22)11-23-18-8-7-15(21)9-17(18)20/h2-9,11-13H,1H3,(H,23,24). The number of anilines is 1. The number of rotatable bonds is 4. The Hall–Kier alpha value is -3.43. The van der Waals surface area contributed by atoms with E-state index in [-0.39, 0.29) is 6.04 Å². The van der Waals surface area contributed by atoms with Crippen molar-refractivity contribution in [3.63, 3.8) is 0 Å². The Bertz CT molecular complexity index is 1150. The molecule has 6 nitrogen and oxygen atoms in total. The number of nitrogens with zero attached hydrogens (tertiary/aromatic N) is 5. The maximum Gasteiger partial charge on any atom is 0.105 e. The molecule has 132 valence electrons. The number of nitriles is 1. The van der Waals surface area contributed by atoms with E-state index in [2.05, 4.69) is 26.7 Å². The van der Waals surface area contributed by atoms with Crippen molar-refractivity contribution >= 4 is 28.2 Å². The van der Waals surface area contributed by atoms with E-state index in [9.17, 15) is 5.26 Å². The van der Waals surface area contributed by atoms with Gasteiger partial charge in [-0.2, -0.15) is 5.26 Å². The van der Waals surface area contributed by atoms with Crippen LogP contribution < -0.4 is 5.32 Å². The first-order chi connectivity index (χ1) is 13.2. The average Bonchev–Trinajstić information content (AvgIpc) is 3.19. The minimum Gasteiger partial charge on any atom is -0.375 e. The van der Waals surface area contributed by atoms with Crippen LogP contribution >= 0.6 is 11.6 Å². The molecule has 0 radical (unpaired) electrons. The van der Waals surface area contributed by atoms with Gasteiger partial charge in [0.05, 0.1) is 34.7 Å². The minimum absolute atomic E-state index is 0.167. The summed E-state index contributed by atoms with van der Waals surface area (Å²) in [6.45, 7) is 1.97. The predicted octanol–water partition coefficient (Wildman–Crippen LogP) is 4.51. The lowest BCUT2D eigenvalue weighted by Gasteiger charge is -2.16. The number of pyridine rings is 1. The highest BCUT2D eigenvalue weighted by Crippen LogP contribution is 2.30. The first-order valence-corrected chi connectivity index (χ1v) is 8.76. The molecule has 0 aliphatic heterocycles. The highest BCUT2D eigenvalue weighted by molar-refractivity contribution is 6.31. The SMILES string of the molecule is CC(Nc1c(C#N)cnc2ccc(Cl)cc12)c1cn(-c2ccccc2)nn1. The molecule has 4 rings (SSSR count). The normalized spacial score (nSPS) is 11.9. The number of benzene rings is 2. The zero-order valence-electron chi connectivity index (χ0n) is 14.5. The van der Waals surface area contributed by atoms with Crippen LogP contribution in [-0.4, -0.2) is 20.0 Å².